The number of aromatic carboxylic acids is 1. The zero-order valence-electron chi connectivity index (χ0n) is 20.5. The van der Waals surface area contributed by atoms with Crippen LogP contribution in [0.3, 0.4) is 0 Å². The van der Waals surface area contributed by atoms with E-state index in [1.807, 2.05) is 6.07 Å². The summed E-state index contributed by atoms with van der Waals surface area (Å²) in [5.74, 6) is -1.70. The van der Waals surface area contributed by atoms with E-state index in [9.17, 15) is 27.8 Å². The van der Waals surface area contributed by atoms with Crippen molar-refractivity contribution in [3.05, 3.63) is 81.6 Å². The number of amides is 1. The Hall–Kier alpha value is -3.93. The van der Waals surface area contributed by atoms with E-state index >= 15 is 0 Å². The fourth-order valence-corrected chi connectivity index (χ4v) is 5.33. The van der Waals surface area contributed by atoms with Crippen LogP contribution >= 0.6 is 11.6 Å². The molecule has 0 bridgehead atoms. The van der Waals surface area contributed by atoms with Gasteiger partial charge in [0.1, 0.15) is 17.2 Å². The summed E-state index contributed by atoms with van der Waals surface area (Å²) in [6.07, 6.45) is 1.80. The second kappa shape index (κ2) is 10.3. The van der Waals surface area contributed by atoms with Crippen LogP contribution in [0.15, 0.2) is 52.9 Å². The molecule has 3 aromatic carbocycles. The summed E-state index contributed by atoms with van der Waals surface area (Å²) in [6, 6.07) is 11.7. The minimum atomic E-state index is -2.56. The molecule has 12 heteroatoms. The fourth-order valence-electron chi connectivity index (χ4n) is 4.58. The number of nitrogens with one attached hydrogen (secondary N) is 1. The van der Waals surface area contributed by atoms with E-state index in [0.29, 0.717) is 27.7 Å². The summed E-state index contributed by atoms with van der Waals surface area (Å²) >= 11 is 3.59. The molecule has 202 valence electrons. The highest BCUT2D eigenvalue weighted by Gasteiger charge is 2.31. The number of carboxylic acids is 1. The van der Waals surface area contributed by atoms with E-state index < -0.39 is 23.1 Å². The Balaban J connectivity index is 1.66. The van der Waals surface area contributed by atoms with Crippen molar-refractivity contribution in [1.82, 2.24) is 5.32 Å². The molecule has 0 aliphatic heterocycles. The number of carbonyl (C=O) groups excluding carboxylic acids is 1. The van der Waals surface area contributed by atoms with Gasteiger partial charge in [0.25, 0.3) is 17.2 Å². The predicted octanol–water partition coefficient (Wildman–Crippen LogP) is 5.55. The summed E-state index contributed by atoms with van der Waals surface area (Å²) in [5, 5.41) is 12.6. The van der Waals surface area contributed by atoms with Crippen LogP contribution in [-0.2, 0) is 17.8 Å². The van der Waals surface area contributed by atoms with Gasteiger partial charge in [-0.05, 0) is 78.4 Å². The molecule has 5 N–H and O–H groups in total. The van der Waals surface area contributed by atoms with Crippen molar-refractivity contribution in [3.8, 4) is 11.3 Å². The van der Waals surface area contributed by atoms with Crippen molar-refractivity contribution >= 4 is 57.1 Å². The highest BCUT2D eigenvalue weighted by molar-refractivity contribution is 7.80. The number of furan rings is 1. The van der Waals surface area contributed by atoms with Crippen LogP contribution in [0.5, 0.6) is 0 Å². The number of benzene rings is 3. The van der Waals surface area contributed by atoms with Gasteiger partial charge in [0.15, 0.2) is 0 Å². The highest BCUT2D eigenvalue weighted by Crippen LogP contribution is 2.45. The lowest BCUT2D eigenvalue weighted by atomic mass is 9.97. The lowest BCUT2D eigenvalue weighted by Gasteiger charge is -2.23. The van der Waals surface area contributed by atoms with Crippen molar-refractivity contribution in [2.45, 2.75) is 25.3 Å². The molecule has 39 heavy (non-hydrogen) atoms. The number of nitrogens with zero attached hydrogens (tertiary/aromatic N) is 1. The van der Waals surface area contributed by atoms with Crippen LogP contribution in [0, 0.1) is 5.82 Å². The molecule has 4 aromatic rings. The van der Waals surface area contributed by atoms with Gasteiger partial charge in [0.05, 0.1) is 34.1 Å². The average molecular weight is 572 g/mol. The second-order valence-corrected chi connectivity index (χ2v) is 10.5. The third-order valence-electron chi connectivity index (χ3n) is 6.66. The molecule has 1 aromatic heterocycles. The summed E-state index contributed by atoms with van der Waals surface area (Å²) < 4.78 is 43.4. The van der Waals surface area contributed by atoms with Crippen LogP contribution in [0.2, 0.25) is 5.02 Å². The fraction of sp³-hybridized carbons (Fsp3) is 0.185. The molecule has 0 radical (unpaired) electrons. The molecule has 1 saturated carbocycles. The molecular formula is C27H23ClFN3O6S. The van der Waals surface area contributed by atoms with Crippen molar-refractivity contribution in [1.29, 1.82) is 0 Å². The maximum Gasteiger partial charge on any atom is 0.337 e. The summed E-state index contributed by atoms with van der Waals surface area (Å²) in [6.45, 7) is -0.0912. The number of anilines is 2. The van der Waals surface area contributed by atoms with Crippen molar-refractivity contribution in [2.24, 2.45) is 0 Å². The molecule has 1 amide bonds. The molecule has 0 spiro atoms. The molecule has 9 nitrogen and oxygen atoms in total. The summed E-state index contributed by atoms with van der Waals surface area (Å²) in [5.41, 5.74) is 8.12. The van der Waals surface area contributed by atoms with Crippen LogP contribution in [0.4, 0.5) is 15.8 Å². The largest absolute Gasteiger partial charge is 0.478 e. The van der Waals surface area contributed by atoms with Gasteiger partial charge in [-0.3, -0.25) is 13.7 Å². The lowest BCUT2D eigenvalue weighted by Crippen LogP contribution is -2.25. The molecule has 5 rings (SSSR count). The zero-order chi connectivity index (χ0) is 28.0. The predicted molar refractivity (Wildman–Crippen MR) is 147 cm³/mol. The highest BCUT2D eigenvalue weighted by atomic mass is 35.5. The van der Waals surface area contributed by atoms with Crippen LogP contribution in [0.25, 0.3) is 22.3 Å². The molecule has 1 heterocycles. The third-order valence-corrected chi connectivity index (χ3v) is 7.69. The van der Waals surface area contributed by atoms with E-state index in [1.54, 1.807) is 6.07 Å². The first-order valence-electron chi connectivity index (χ1n) is 11.9. The first kappa shape index (κ1) is 26.7. The molecule has 1 fully saturated rings. The number of hydrogen-bond donors (Lipinski definition) is 4. The number of halogens is 2. The van der Waals surface area contributed by atoms with Gasteiger partial charge in [-0.2, -0.15) is 0 Å². The van der Waals surface area contributed by atoms with Gasteiger partial charge in [-0.25, -0.2) is 13.4 Å². The Morgan fingerprint density at radius 2 is 1.90 bits per heavy atom. The van der Waals surface area contributed by atoms with Gasteiger partial charge in [0.2, 0.25) is 0 Å². The normalized spacial score (nSPS) is 13.8. The number of hydrogen-bond acceptors (Lipinski definition) is 5. The van der Waals surface area contributed by atoms with E-state index in [0.717, 1.165) is 22.7 Å². The van der Waals surface area contributed by atoms with Gasteiger partial charge < -0.3 is 20.6 Å². The Morgan fingerprint density at radius 1 is 1.21 bits per heavy atom. The van der Waals surface area contributed by atoms with Gasteiger partial charge in [0, 0.05) is 18.0 Å². The molecule has 1 aliphatic rings. The van der Waals surface area contributed by atoms with Crippen molar-refractivity contribution < 1.29 is 32.3 Å². The lowest BCUT2D eigenvalue weighted by molar-refractivity contribution is 0.0697. The van der Waals surface area contributed by atoms with Crippen molar-refractivity contribution in [3.63, 3.8) is 0 Å². The Morgan fingerprint density at radius 3 is 2.49 bits per heavy atom. The van der Waals surface area contributed by atoms with Crippen LogP contribution in [-0.4, -0.2) is 32.8 Å². The number of nitrogens with two attached hydrogens (primary N) is 1. The molecule has 1 unspecified atom stereocenters. The molecular weight excluding hydrogens is 549 g/mol. The van der Waals surface area contributed by atoms with E-state index in [1.165, 1.54) is 43.4 Å². The number of fused-ring (bicyclic) bond motifs is 1. The Labute approximate surface area is 229 Å². The van der Waals surface area contributed by atoms with Crippen LogP contribution < -0.4 is 15.4 Å². The maximum absolute atomic E-state index is 13.6. The maximum atomic E-state index is 13.6. The van der Waals surface area contributed by atoms with Crippen molar-refractivity contribution in [2.75, 3.05) is 17.1 Å². The van der Waals surface area contributed by atoms with Gasteiger partial charge >= 0.3 is 5.97 Å². The first-order chi connectivity index (χ1) is 18.6. The number of carboxylic acid groups (broad SMARTS) is 1. The van der Waals surface area contributed by atoms with E-state index in [2.05, 4.69) is 5.32 Å². The van der Waals surface area contributed by atoms with Gasteiger partial charge in [-0.15, -0.1) is 0 Å². The number of carbonyl (C=O) groups is 2. The molecule has 1 aliphatic carbocycles. The van der Waals surface area contributed by atoms with E-state index in [-0.39, 0.29) is 46.1 Å². The minimum Gasteiger partial charge on any atom is -0.478 e. The first-order valence-corrected chi connectivity index (χ1v) is 13.3. The number of rotatable bonds is 8. The average Bonchev–Trinajstić information content (AvgIpc) is 3.68. The topological polar surface area (TPSA) is 146 Å². The molecule has 0 saturated heterocycles. The Bertz CT molecular complexity index is 1650. The smallest absolute Gasteiger partial charge is 0.337 e. The minimum absolute atomic E-state index is 0.0663. The van der Waals surface area contributed by atoms with Gasteiger partial charge in [-0.1, -0.05) is 11.6 Å². The molecule has 1 atom stereocenters. The Kier molecular flexibility index (Phi) is 7.06. The van der Waals surface area contributed by atoms with Crippen LogP contribution in [0.1, 0.15) is 50.6 Å². The van der Waals surface area contributed by atoms with E-state index in [4.69, 9.17) is 21.8 Å². The SMILES string of the molecule is CNC(=O)c1c(-c2ccc(F)cc2)oc2cc(CN(c3cc(Cl)c(N)c(C(=O)O)c3)S(=O)O)c(C3CC3)cc12. The second-order valence-electron chi connectivity index (χ2n) is 9.17. The monoisotopic (exact) mass is 571 g/mol. The standard InChI is InChI=1S/C27H23ClFN3O6S/c1-31-26(33)23-19-11-18(13-2-3-13)15(8-22(19)38-25(23)14-4-6-16(29)7-5-14)12-32(39(36)37)17-9-20(27(34)35)24(30)21(28)10-17/h4-11,13H,2-3,12,30H2,1H3,(H,31,33)(H,34,35)(H,36,37). The zero-order valence-corrected chi connectivity index (χ0v) is 22.1. The summed E-state index contributed by atoms with van der Waals surface area (Å²) in [4.78, 5) is 24.6. The number of nitrogen functional groups attached to an aromatic ring is 1. The quantitative estimate of drug-likeness (QED) is 0.160. The summed E-state index contributed by atoms with van der Waals surface area (Å²) in [7, 11) is 1.50. The third kappa shape index (κ3) is 5.08.